The van der Waals surface area contributed by atoms with Crippen LogP contribution in [-0.4, -0.2) is 28.0 Å². The average Bonchev–Trinajstić information content (AvgIpc) is 3.13. The minimum absolute atomic E-state index is 0.127. The van der Waals surface area contributed by atoms with E-state index < -0.39 is 0 Å². The lowest BCUT2D eigenvalue weighted by molar-refractivity contribution is -0.116. The Balaban J connectivity index is 1.88. The third kappa shape index (κ3) is 7.07. The van der Waals surface area contributed by atoms with E-state index in [0.717, 1.165) is 19.6 Å². The second kappa shape index (κ2) is 12.0. The average molecular weight is 541 g/mol. The number of nitrogens with zero attached hydrogens (tertiary/aromatic N) is 2. The predicted octanol–water partition coefficient (Wildman–Crippen LogP) is 5.47. The van der Waals surface area contributed by atoms with Gasteiger partial charge in [-0.2, -0.15) is 0 Å². The highest BCUT2D eigenvalue weighted by molar-refractivity contribution is 14.1. The topological polar surface area (TPSA) is 37.3 Å². The molecule has 0 bridgehead atoms. The summed E-state index contributed by atoms with van der Waals surface area (Å²) in [6.45, 7) is 11.1. The highest BCUT2D eigenvalue weighted by atomic mass is 127. The number of hydrogen-bond acceptors (Lipinski definition) is 2. The molecule has 1 aromatic heterocycles. The van der Waals surface area contributed by atoms with E-state index in [0.29, 0.717) is 12.5 Å². The Morgan fingerprint density at radius 3 is 2.28 bits per heavy atom. The van der Waals surface area contributed by atoms with Crippen molar-refractivity contribution in [1.82, 2.24) is 14.8 Å². The summed E-state index contributed by atoms with van der Waals surface area (Å²) in [6.07, 6.45) is 3.56. The molecule has 2 aromatic carbocycles. The Hall–Kier alpha value is -2.38. The summed E-state index contributed by atoms with van der Waals surface area (Å²) < 4.78 is 3.57. The van der Waals surface area contributed by atoms with Crippen LogP contribution in [-0.2, 0) is 24.4 Å². The van der Waals surface area contributed by atoms with Crippen LogP contribution in [0.4, 0.5) is 0 Å². The summed E-state index contributed by atoms with van der Waals surface area (Å²) in [6, 6.07) is 23.6. The molecule has 3 aromatic rings. The molecule has 0 aliphatic heterocycles. The van der Waals surface area contributed by atoms with E-state index in [1.54, 1.807) is 0 Å². The van der Waals surface area contributed by atoms with Gasteiger partial charge in [-0.1, -0.05) is 81.1 Å². The number of nitrogens with one attached hydrogen (secondary N) is 1. The van der Waals surface area contributed by atoms with Crippen LogP contribution in [0.2, 0.25) is 0 Å². The first-order chi connectivity index (χ1) is 15.5. The van der Waals surface area contributed by atoms with E-state index in [4.69, 9.17) is 0 Å². The van der Waals surface area contributed by atoms with Gasteiger partial charge in [-0.25, -0.2) is 0 Å². The number of carbonyl (C=O) groups excluding carboxylic acids is 1. The molecule has 168 valence electrons. The molecule has 3 rings (SSSR count). The summed E-state index contributed by atoms with van der Waals surface area (Å²) >= 11 is 2.39. The predicted molar refractivity (Wildman–Crippen MR) is 140 cm³/mol. The minimum Gasteiger partial charge on any atom is -0.351 e. The molecule has 0 aliphatic rings. The van der Waals surface area contributed by atoms with Crippen molar-refractivity contribution < 1.29 is 4.79 Å². The van der Waals surface area contributed by atoms with Crippen molar-refractivity contribution in [2.75, 3.05) is 6.54 Å². The van der Waals surface area contributed by atoms with Gasteiger partial charge in [0.25, 0.3) is 0 Å². The van der Waals surface area contributed by atoms with Gasteiger partial charge in [-0.05, 0) is 51.8 Å². The molecule has 1 atom stereocenters. The molecule has 0 aliphatic carbocycles. The fourth-order valence-electron chi connectivity index (χ4n) is 3.96. The second-order valence-electron chi connectivity index (χ2n) is 8.41. The number of carbonyl (C=O) groups is 1. The number of amides is 1. The molecular weight excluding hydrogens is 509 g/mol. The van der Waals surface area contributed by atoms with Crippen LogP contribution in [0.25, 0.3) is 0 Å². The Morgan fingerprint density at radius 1 is 1.06 bits per heavy atom. The van der Waals surface area contributed by atoms with Gasteiger partial charge < -0.3 is 9.88 Å². The van der Waals surface area contributed by atoms with E-state index in [1.165, 1.54) is 26.5 Å². The molecular formula is C27H32IN3O. The summed E-state index contributed by atoms with van der Waals surface area (Å²) in [7, 11) is 0. The molecule has 1 amide bonds. The van der Waals surface area contributed by atoms with Gasteiger partial charge >= 0.3 is 0 Å². The Morgan fingerprint density at radius 2 is 1.69 bits per heavy atom. The van der Waals surface area contributed by atoms with Crippen LogP contribution in [0.15, 0.2) is 85.6 Å². The lowest BCUT2D eigenvalue weighted by atomic mass is 10.0. The Bertz CT molecular complexity index is 998. The fraction of sp³-hybridized carbons (Fsp3) is 0.296. The summed E-state index contributed by atoms with van der Waals surface area (Å²) in [5.74, 6) is 0.248. The van der Waals surface area contributed by atoms with Gasteiger partial charge in [0.05, 0.1) is 0 Å². The molecule has 4 nitrogen and oxygen atoms in total. The lowest BCUT2D eigenvalue weighted by Crippen LogP contribution is -2.46. The summed E-state index contributed by atoms with van der Waals surface area (Å²) in [4.78, 5) is 14.4. The Labute approximate surface area is 205 Å². The number of halogens is 1. The highest BCUT2D eigenvalue weighted by Gasteiger charge is 2.24. The first-order valence-corrected chi connectivity index (χ1v) is 12.1. The van der Waals surface area contributed by atoms with Crippen molar-refractivity contribution in [3.63, 3.8) is 0 Å². The van der Waals surface area contributed by atoms with Crippen molar-refractivity contribution in [3.05, 3.63) is 106 Å². The molecule has 0 saturated carbocycles. The Kier molecular flexibility index (Phi) is 9.11. The lowest BCUT2D eigenvalue weighted by Gasteiger charge is -2.35. The maximum atomic E-state index is 11.9. The van der Waals surface area contributed by atoms with Gasteiger partial charge in [0.2, 0.25) is 5.91 Å². The number of benzene rings is 2. The largest absolute Gasteiger partial charge is 0.351 e. The third-order valence-electron chi connectivity index (χ3n) is 5.65. The zero-order valence-corrected chi connectivity index (χ0v) is 21.0. The van der Waals surface area contributed by atoms with E-state index in [-0.39, 0.29) is 11.9 Å². The van der Waals surface area contributed by atoms with Crippen LogP contribution in [0, 0.1) is 9.49 Å². The molecule has 1 N–H and O–H groups in total. The quantitative estimate of drug-likeness (QED) is 0.258. The second-order valence-corrected chi connectivity index (χ2v) is 9.66. The molecule has 0 spiro atoms. The molecule has 5 heteroatoms. The SMILES string of the molecule is C=CC(=O)NCC(C(C)C)N(Cc1ccccc1)Cc1cc(I)cn1Cc1ccccc1. The molecule has 0 saturated heterocycles. The standard InChI is InChI=1S/C27H32IN3O/c1-4-27(32)29-16-26(21(2)3)31(18-23-13-9-6-10-14-23)20-25-15-24(28)19-30(25)17-22-11-7-5-8-12-22/h4-15,19,21,26H,1,16-18,20H2,2-3H3,(H,29,32). The third-order valence-corrected chi connectivity index (χ3v) is 6.24. The maximum Gasteiger partial charge on any atom is 0.243 e. The van der Waals surface area contributed by atoms with E-state index >= 15 is 0 Å². The van der Waals surface area contributed by atoms with Crippen molar-refractivity contribution in [2.45, 2.75) is 39.5 Å². The zero-order valence-electron chi connectivity index (χ0n) is 18.9. The van der Waals surface area contributed by atoms with E-state index in [1.807, 2.05) is 6.07 Å². The van der Waals surface area contributed by atoms with E-state index in [9.17, 15) is 4.79 Å². The van der Waals surface area contributed by atoms with Crippen LogP contribution in [0.1, 0.15) is 30.7 Å². The summed E-state index contributed by atoms with van der Waals surface area (Å²) in [5, 5.41) is 3.02. The van der Waals surface area contributed by atoms with Crippen LogP contribution in [0.5, 0.6) is 0 Å². The van der Waals surface area contributed by atoms with Crippen LogP contribution >= 0.6 is 22.6 Å². The highest BCUT2D eigenvalue weighted by Crippen LogP contribution is 2.21. The number of aromatic nitrogens is 1. The van der Waals surface area contributed by atoms with Gasteiger partial charge in [-0.3, -0.25) is 9.69 Å². The van der Waals surface area contributed by atoms with Gasteiger partial charge in [-0.15, -0.1) is 0 Å². The molecule has 1 unspecified atom stereocenters. The molecule has 0 radical (unpaired) electrons. The van der Waals surface area contributed by atoms with Gasteiger partial charge in [0, 0.05) is 47.7 Å². The zero-order chi connectivity index (χ0) is 22.9. The number of rotatable bonds is 11. The van der Waals surface area contributed by atoms with Gasteiger partial charge in [0.15, 0.2) is 0 Å². The van der Waals surface area contributed by atoms with Crippen molar-refractivity contribution >= 4 is 28.5 Å². The van der Waals surface area contributed by atoms with E-state index in [2.05, 4.69) is 125 Å². The fourth-order valence-corrected chi connectivity index (χ4v) is 4.65. The van der Waals surface area contributed by atoms with Crippen LogP contribution < -0.4 is 5.32 Å². The molecule has 32 heavy (non-hydrogen) atoms. The smallest absolute Gasteiger partial charge is 0.243 e. The normalized spacial score (nSPS) is 12.2. The first kappa shape index (κ1) is 24.3. The summed E-state index contributed by atoms with van der Waals surface area (Å²) in [5.41, 5.74) is 3.83. The number of hydrogen-bond donors (Lipinski definition) is 1. The van der Waals surface area contributed by atoms with Crippen molar-refractivity contribution in [2.24, 2.45) is 5.92 Å². The maximum absolute atomic E-state index is 11.9. The monoisotopic (exact) mass is 541 g/mol. The van der Waals surface area contributed by atoms with Gasteiger partial charge in [0.1, 0.15) is 0 Å². The minimum atomic E-state index is -0.127. The van der Waals surface area contributed by atoms with Crippen molar-refractivity contribution in [3.8, 4) is 0 Å². The van der Waals surface area contributed by atoms with Crippen molar-refractivity contribution in [1.29, 1.82) is 0 Å². The molecule has 1 heterocycles. The molecule has 0 fully saturated rings. The first-order valence-electron chi connectivity index (χ1n) is 11.0. The van der Waals surface area contributed by atoms with Crippen LogP contribution in [0.3, 0.4) is 0 Å².